The van der Waals surface area contributed by atoms with Gasteiger partial charge in [-0.2, -0.15) is 5.10 Å². The Morgan fingerprint density at radius 1 is 1.57 bits per heavy atom. The molecule has 6 heteroatoms. The zero-order chi connectivity index (χ0) is 14.8. The summed E-state index contributed by atoms with van der Waals surface area (Å²) in [6.45, 7) is 6.85. The highest BCUT2D eigenvalue weighted by atomic mass is 16.5. The Morgan fingerprint density at radius 3 is 3.24 bits per heavy atom. The molecule has 2 aliphatic rings. The first kappa shape index (κ1) is 14.5. The van der Waals surface area contributed by atoms with Gasteiger partial charge in [-0.1, -0.05) is 13.3 Å². The van der Waals surface area contributed by atoms with E-state index in [0.717, 1.165) is 44.7 Å². The first-order valence-electron chi connectivity index (χ1n) is 7.86. The van der Waals surface area contributed by atoms with E-state index in [1.807, 2.05) is 6.07 Å². The number of carbonyl (C=O) groups is 1. The Kier molecular flexibility index (Phi) is 4.26. The third-order valence-electron chi connectivity index (χ3n) is 4.31. The van der Waals surface area contributed by atoms with Crippen molar-refractivity contribution in [1.82, 2.24) is 20.4 Å². The van der Waals surface area contributed by atoms with Gasteiger partial charge in [-0.15, -0.1) is 0 Å². The van der Waals surface area contributed by atoms with Crippen LogP contribution in [0.1, 0.15) is 42.9 Å². The largest absolute Gasteiger partial charge is 0.376 e. The number of hydrogen-bond donors (Lipinski definition) is 2. The second-order valence-corrected chi connectivity index (χ2v) is 6.19. The summed E-state index contributed by atoms with van der Waals surface area (Å²) in [5.74, 6) is -0.0765. The molecule has 0 aliphatic carbocycles. The lowest BCUT2D eigenvalue weighted by molar-refractivity contribution is -0.0390. The normalized spacial score (nSPS) is 29.3. The summed E-state index contributed by atoms with van der Waals surface area (Å²) in [4.78, 5) is 14.7. The van der Waals surface area contributed by atoms with E-state index in [0.29, 0.717) is 17.8 Å². The molecule has 0 saturated carbocycles. The number of H-pyrrole nitrogens is 1. The molecule has 0 spiro atoms. The van der Waals surface area contributed by atoms with E-state index in [1.165, 1.54) is 0 Å². The SMILES string of the molecule is CCCc1cc(C(=O)N[C@H]2C[C@H]3CO[C@@H](C)CN3C2)n[nH]1. The van der Waals surface area contributed by atoms with Gasteiger partial charge in [0.25, 0.3) is 5.91 Å². The first-order chi connectivity index (χ1) is 10.2. The first-order valence-corrected chi connectivity index (χ1v) is 7.86. The second kappa shape index (κ2) is 6.15. The highest BCUT2D eigenvalue weighted by Crippen LogP contribution is 2.23. The van der Waals surface area contributed by atoms with Gasteiger partial charge < -0.3 is 10.1 Å². The van der Waals surface area contributed by atoms with E-state index in [9.17, 15) is 4.79 Å². The smallest absolute Gasteiger partial charge is 0.272 e. The number of ether oxygens (including phenoxy) is 1. The molecule has 3 rings (SSSR count). The van der Waals surface area contributed by atoms with E-state index >= 15 is 0 Å². The predicted molar refractivity (Wildman–Crippen MR) is 79.2 cm³/mol. The van der Waals surface area contributed by atoms with Gasteiger partial charge in [0, 0.05) is 30.9 Å². The molecular formula is C15H24N4O2. The van der Waals surface area contributed by atoms with Crippen LogP contribution >= 0.6 is 0 Å². The molecule has 2 saturated heterocycles. The van der Waals surface area contributed by atoms with Crippen molar-refractivity contribution in [3.05, 3.63) is 17.5 Å². The molecule has 1 aromatic heterocycles. The van der Waals surface area contributed by atoms with Crippen molar-refractivity contribution in [2.75, 3.05) is 19.7 Å². The lowest BCUT2D eigenvalue weighted by Crippen LogP contribution is -2.45. The molecule has 0 radical (unpaired) electrons. The predicted octanol–water partition coefficient (Wildman–Crippen LogP) is 0.954. The van der Waals surface area contributed by atoms with Crippen LogP contribution in [0.5, 0.6) is 0 Å². The summed E-state index contributed by atoms with van der Waals surface area (Å²) in [6, 6.07) is 2.50. The summed E-state index contributed by atoms with van der Waals surface area (Å²) in [6.07, 6.45) is 3.22. The number of fused-ring (bicyclic) bond motifs is 1. The van der Waals surface area contributed by atoms with Gasteiger partial charge in [0.2, 0.25) is 0 Å². The Labute approximate surface area is 125 Å². The monoisotopic (exact) mass is 292 g/mol. The van der Waals surface area contributed by atoms with E-state index < -0.39 is 0 Å². The van der Waals surface area contributed by atoms with Crippen LogP contribution in [0.3, 0.4) is 0 Å². The minimum Gasteiger partial charge on any atom is -0.376 e. The fourth-order valence-electron chi connectivity index (χ4n) is 3.28. The van der Waals surface area contributed by atoms with Crippen LogP contribution in [0.2, 0.25) is 0 Å². The molecule has 0 bridgehead atoms. The number of aryl methyl sites for hydroxylation is 1. The van der Waals surface area contributed by atoms with Crippen molar-refractivity contribution in [2.45, 2.75) is 51.3 Å². The molecule has 2 N–H and O–H groups in total. The Hall–Kier alpha value is -1.40. The van der Waals surface area contributed by atoms with Gasteiger partial charge in [0.05, 0.1) is 12.7 Å². The van der Waals surface area contributed by atoms with Crippen LogP contribution in [0.15, 0.2) is 6.07 Å². The molecule has 2 aliphatic heterocycles. The molecule has 2 fully saturated rings. The van der Waals surface area contributed by atoms with Crippen molar-refractivity contribution >= 4 is 5.91 Å². The number of aromatic amines is 1. The van der Waals surface area contributed by atoms with E-state index in [1.54, 1.807) is 0 Å². The number of nitrogens with zero attached hydrogens (tertiary/aromatic N) is 2. The summed E-state index contributed by atoms with van der Waals surface area (Å²) >= 11 is 0. The fraction of sp³-hybridized carbons (Fsp3) is 0.733. The molecule has 6 nitrogen and oxygen atoms in total. The molecule has 1 aromatic rings. The van der Waals surface area contributed by atoms with E-state index in [2.05, 4.69) is 34.3 Å². The fourth-order valence-corrected chi connectivity index (χ4v) is 3.28. The minimum absolute atomic E-state index is 0.0765. The van der Waals surface area contributed by atoms with Crippen molar-refractivity contribution in [3.63, 3.8) is 0 Å². The van der Waals surface area contributed by atoms with Crippen LogP contribution in [0.25, 0.3) is 0 Å². The summed E-state index contributed by atoms with van der Waals surface area (Å²) in [5, 5.41) is 10.1. The van der Waals surface area contributed by atoms with E-state index in [4.69, 9.17) is 4.74 Å². The number of nitrogens with one attached hydrogen (secondary N) is 2. The average Bonchev–Trinajstić information content (AvgIpc) is 3.05. The molecular weight excluding hydrogens is 268 g/mol. The molecule has 0 unspecified atom stereocenters. The highest BCUT2D eigenvalue weighted by molar-refractivity contribution is 5.92. The number of amides is 1. The zero-order valence-corrected chi connectivity index (χ0v) is 12.8. The number of hydrogen-bond acceptors (Lipinski definition) is 4. The van der Waals surface area contributed by atoms with E-state index in [-0.39, 0.29) is 11.9 Å². The number of carbonyl (C=O) groups excluding carboxylic acids is 1. The van der Waals surface area contributed by atoms with Gasteiger partial charge in [-0.25, -0.2) is 0 Å². The van der Waals surface area contributed by atoms with Crippen LogP contribution in [0, 0.1) is 0 Å². The lowest BCUT2D eigenvalue weighted by Gasteiger charge is -2.33. The van der Waals surface area contributed by atoms with Crippen LogP contribution in [-0.2, 0) is 11.2 Å². The van der Waals surface area contributed by atoms with Crippen LogP contribution in [-0.4, -0.2) is 58.9 Å². The summed E-state index contributed by atoms with van der Waals surface area (Å²) < 4.78 is 5.69. The molecule has 1 amide bonds. The standard InChI is InChI=1S/C15H24N4O2/c1-3-4-11-6-14(18-17-11)15(20)16-12-5-13-9-21-10(2)7-19(13)8-12/h6,10,12-13H,3-5,7-9H2,1-2H3,(H,16,20)(H,17,18)/t10-,12-,13-/m0/s1. The van der Waals surface area contributed by atoms with Gasteiger partial charge in [0.15, 0.2) is 0 Å². The molecule has 0 aromatic carbocycles. The van der Waals surface area contributed by atoms with Crippen molar-refractivity contribution in [2.24, 2.45) is 0 Å². The van der Waals surface area contributed by atoms with Gasteiger partial charge >= 0.3 is 0 Å². The maximum Gasteiger partial charge on any atom is 0.272 e. The Morgan fingerprint density at radius 2 is 2.43 bits per heavy atom. The highest BCUT2D eigenvalue weighted by Gasteiger charge is 2.36. The quantitative estimate of drug-likeness (QED) is 0.867. The molecule has 116 valence electrons. The van der Waals surface area contributed by atoms with Crippen LogP contribution in [0.4, 0.5) is 0 Å². The average molecular weight is 292 g/mol. The van der Waals surface area contributed by atoms with Gasteiger partial charge in [-0.3, -0.25) is 14.8 Å². The number of rotatable bonds is 4. The summed E-state index contributed by atoms with van der Waals surface area (Å²) in [7, 11) is 0. The third-order valence-corrected chi connectivity index (χ3v) is 4.31. The third kappa shape index (κ3) is 3.27. The lowest BCUT2D eigenvalue weighted by atomic mass is 10.1. The second-order valence-electron chi connectivity index (χ2n) is 6.19. The maximum absolute atomic E-state index is 12.2. The number of aromatic nitrogens is 2. The van der Waals surface area contributed by atoms with Crippen molar-refractivity contribution in [3.8, 4) is 0 Å². The molecule has 3 atom stereocenters. The topological polar surface area (TPSA) is 70.2 Å². The Balaban J connectivity index is 1.55. The maximum atomic E-state index is 12.2. The molecule has 21 heavy (non-hydrogen) atoms. The number of morpholine rings is 1. The summed E-state index contributed by atoms with van der Waals surface area (Å²) in [5.41, 5.74) is 1.52. The Bertz CT molecular complexity index is 502. The van der Waals surface area contributed by atoms with Gasteiger partial charge in [-0.05, 0) is 25.8 Å². The molecule has 3 heterocycles. The van der Waals surface area contributed by atoms with Crippen molar-refractivity contribution in [1.29, 1.82) is 0 Å². The minimum atomic E-state index is -0.0765. The van der Waals surface area contributed by atoms with Gasteiger partial charge in [0.1, 0.15) is 5.69 Å². The van der Waals surface area contributed by atoms with Crippen molar-refractivity contribution < 1.29 is 9.53 Å². The zero-order valence-electron chi connectivity index (χ0n) is 12.8. The van der Waals surface area contributed by atoms with Crippen LogP contribution < -0.4 is 5.32 Å².